The number of benzene rings is 2. The minimum absolute atomic E-state index is 0.139. The maximum absolute atomic E-state index is 13.4. The molecule has 1 saturated carbocycles. The van der Waals surface area contributed by atoms with E-state index >= 15 is 0 Å². The lowest BCUT2D eigenvalue weighted by Gasteiger charge is -2.44. The van der Waals surface area contributed by atoms with Crippen molar-refractivity contribution in [3.8, 4) is 0 Å². The number of likely N-dealkylation sites (tertiary alicyclic amines) is 1. The predicted octanol–water partition coefficient (Wildman–Crippen LogP) is 5.38. The van der Waals surface area contributed by atoms with Crippen LogP contribution in [-0.4, -0.2) is 29.3 Å². The number of nitrogens with zero attached hydrogens (tertiary/aromatic N) is 1. The highest BCUT2D eigenvalue weighted by Gasteiger charge is 2.36. The molecule has 3 atom stereocenters. The highest BCUT2D eigenvalue weighted by Crippen LogP contribution is 2.36. The first kappa shape index (κ1) is 20.9. The van der Waals surface area contributed by atoms with Gasteiger partial charge in [-0.15, -0.1) is 0 Å². The summed E-state index contributed by atoms with van der Waals surface area (Å²) in [6, 6.07) is 16.7. The molecule has 1 aliphatic heterocycles. The highest BCUT2D eigenvalue weighted by atomic mass is 35.5. The van der Waals surface area contributed by atoms with Gasteiger partial charge in [0.05, 0.1) is 23.0 Å². The van der Waals surface area contributed by atoms with Gasteiger partial charge in [-0.3, -0.25) is 9.59 Å². The molecule has 0 spiro atoms. The normalized spacial score (nSPS) is 22.1. The Kier molecular flexibility index (Phi) is 6.73. The van der Waals surface area contributed by atoms with E-state index in [2.05, 4.69) is 10.2 Å². The fourth-order valence-electron chi connectivity index (χ4n) is 5.05. The highest BCUT2D eigenvalue weighted by molar-refractivity contribution is 6.33. The summed E-state index contributed by atoms with van der Waals surface area (Å²) in [5.74, 6) is 0.528. The Balaban J connectivity index is 1.52. The molecular formula is C25H29ClN2O2. The van der Waals surface area contributed by atoms with Crippen molar-refractivity contribution in [3.63, 3.8) is 0 Å². The number of carbonyl (C=O) groups excluding carboxylic acids is 2. The third kappa shape index (κ3) is 4.70. The number of piperidine rings is 1. The topological polar surface area (TPSA) is 49.4 Å². The van der Waals surface area contributed by atoms with Gasteiger partial charge < -0.3 is 10.2 Å². The maximum Gasteiger partial charge on any atom is 0.253 e. The van der Waals surface area contributed by atoms with Gasteiger partial charge in [0.25, 0.3) is 5.91 Å². The van der Waals surface area contributed by atoms with Crippen LogP contribution in [-0.2, 0) is 4.79 Å². The Morgan fingerprint density at radius 2 is 1.67 bits per heavy atom. The van der Waals surface area contributed by atoms with Gasteiger partial charge in [-0.05, 0) is 49.3 Å². The van der Waals surface area contributed by atoms with Crippen molar-refractivity contribution >= 4 is 23.4 Å². The summed E-state index contributed by atoms with van der Waals surface area (Å²) in [7, 11) is 0. The van der Waals surface area contributed by atoms with Crippen molar-refractivity contribution in [2.24, 2.45) is 5.92 Å². The smallest absolute Gasteiger partial charge is 0.253 e. The van der Waals surface area contributed by atoms with Crippen LogP contribution in [0, 0.1) is 5.92 Å². The third-order valence-electron chi connectivity index (χ3n) is 6.57. The van der Waals surface area contributed by atoms with Crippen molar-refractivity contribution < 1.29 is 9.59 Å². The molecule has 158 valence electrons. The van der Waals surface area contributed by atoms with Gasteiger partial charge in [0.1, 0.15) is 0 Å². The summed E-state index contributed by atoms with van der Waals surface area (Å²) in [5.41, 5.74) is 1.36. The lowest BCUT2D eigenvalue weighted by atomic mass is 9.78. The van der Waals surface area contributed by atoms with Gasteiger partial charge in [0.2, 0.25) is 5.91 Å². The monoisotopic (exact) mass is 424 g/mol. The number of carbonyl (C=O) groups is 2. The van der Waals surface area contributed by atoms with E-state index in [1.807, 2.05) is 30.3 Å². The van der Waals surface area contributed by atoms with E-state index < -0.39 is 0 Å². The van der Waals surface area contributed by atoms with E-state index in [-0.39, 0.29) is 24.3 Å². The molecule has 1 N–H and O–H groups in total. The largest absolute Gasteiger partial charge is 0.345 e. The zero-order valence-corrected chi connectivity index (χ0v) is 18.0. The molecule has 2 aromatic carbocycles. The summed E-state index contributed by atoms with van der Waals surface area (Å²) in [6.45, 7) is 0.833. The Hall–Kier alpha value is -2.33. The standard InChI is InChI=1S/C25H29ClN2O2/c26-21-14-6-5-13-20(21)25(30)27-22(18-9-2-1-3-10-18)17-24(29)28-16-8-12-19-11-4-7-15-23(19)28/h1-3,5-6,9-10,13-14,19,22-23H,4,7-8,11-12,15-17H2,(H,27,30)/t19-,22-,23+/m1/s1. The molecule has 4 nitrogen and oxygen atoms in total. The van der Waals surface area contributed by atoms with Crippen molar-refractivity contribution in [3.05, 3.63) is 70.7 Å². The molecule has 0 radical (unpaired) electrons. The van der Waals surface area contributed by atoms with E-state index in [1.165, 1.54) is 25.7 Å². The Morgan fingerprint density at radius 1 is 0.967 bits per heavy atom. The van der Waals surface area contributed by atoms with Crippen LogP contribution in [0.1, 0.15) is 66.9 Å². The molecule has 1 saturated heterocycles. The molecule has 5 heteroatoms. The number of nitrogens with one attached hydrogen (secondary N) is 1. The van der Waals surface area contributed by atoms with Crippen LogP contribution in [0.15, 0.2) is 54.6 Å². The van der Waals surface area contributed by atoms with Crippen molar-refractivity contribution in [2.75, 3.05) is 6.54 Å². The first-order valence-corrected chi connectivity index (χ1v) is 11.4. The zero-order valence-electron chi connectivity index (χ0n) is 17.2. The first-order valence-electron chi connectivity index (χ1n) is 11.0. The Labute approximate surface area is 183 Å². The van der Waals surface area contributed by atoms with Crippen LogP contribution in [0.25, 0.3) is 0 Å². The maximum atomic E-state index is 13.4. The summed E-state index contributed by atoms with van der Waals surface area (Å²) in [4.78, 5) is 28.4. The van der Waals surface area contributed by atoms with Gasteiger partial charge in [-0.25, -0.2) is 0 Å². The van der Waals surface area contributed by atoms with Crippen LogP contribution >= 0.6 is 11.6 Å². The molecule has 2 aliphatic rings. The number of rotatable bonds is 5. The second-order valence-corrected chi connectivity index (χ2v) is 8.87. The summed E-state index contributed by atoms with van der Waals surface area (Å²) >= 11 is 6.22. The molecule has 0 unspecified atom stereocenters. The van der Waals surface area contributed by atoms with Gasteiger partial charge >= 0.3 is 0 Å². The fraction of sp³-hybridized carbons (Fsp3) is 0.440. The van der Waals surface area contributed by atoms with E-state index in [4.69, 9.17) is 11.6 Å². The van der Waals surface area contributed by atoms with Gasteiger partial charge in [0.15, 0.2) is 0 Å². The van der Waals surface area contributed by atoms with Crippen molar-refractivity contribution in [1.82, 2.24) is 10.2 Å². The molecule has 0 bridgehead atoms. The molecule has 30 heavy (non-hydrogen) atoms. The lowest BCUT2D eigenvalue weighted by Crippen LogP contribution is -2.50. The SMILES string of the molecule is O=C(N[C@H](CC(=O)N1CCC[C@H]2CCCC[C@@H]21)c1ccccc1)c1ccccc1Cl. The summed E-state index contributed by atoms with van der Waals surface area (Å²) in [6.07, 6.45) is 7.41. The molecule has 1 aliphatic carbocycles. The van der Waals surface area contributed by atoms with E-state index in [1.54, 1.807) is 24.3 Å². The zero-order chi connectivity index (χ0) is 20.9. The number of hydrogen-bond donors (Lipinski definition) is 1. The minimum atomic E-state index is -0.383. The van der Waals surface area contributed by atoms with Crippen molar-refractivity contribution in [1.29, 1.82) is 0 Å². The molecule has 2 amide bonds. The van der Waals surface area contributed by atoms with Gasteiger partial charge in [-0.1, -0.05) is 66.9 Å². The van der Waals surface area contributed by atoms with Crippen molar-refractivity contribution in [2.45, 2.75) is 57.0 Å². The average Bonchev–Trinajstić information content (AvgIpc) is 2.79. The summed E-state index contributed by atoms with van der Waals surface area (Å²) < 4.78 is 0. The number of hydrogen-bond acceptors (Lipinski definition) is 2. The number of halogens is 1. The second-order valence-electron chi connectivity index (χ2n) is 8.46. The molecular weight excluding hydrogens is 396 g/mol. The molecule has 2 fully saturated rings. The molecule has 0 aromatic heterocycles. The Morgan fingerprint density at radius 3 is 2.47 bits per heavy atom. The minimum Gasteiger partial charge on any atom is -0.345 e. The molecule has 1 heterocycles. The second kappa shape index (κ2) is 9.65. The quantitative estimate of drug-likeness (QED) is 0.700. The van der Waals surface area contributed by atoms with E-state index in [9.17, 15) is 9.59 Å². The van der Waals surface area contributed by atoms with Crippen LogP contribution in [0.5, 0.6) is 0 Å². The average molecular weight is 425 g/mol. The van der Waals surface area contributed by atoms with Crippen LogP contribution in [0.2, 0.25) is 5.02 Å². The fourth-order valence-corrected chi connectivity index (χ4v) is 5.27. The predicted molar refractivity (Wildman–Crippen MR) is 119 cm³/mol. The first-order chi connectivity index (χ1) is 14.6. The lowest BCUT2D eigenvalue weighted by molar-refractivity contribution is -0.138. The number of fused-ring (bicyclic) bond motifs is 1. The van der Waals surface area contributed by atoms with Gasteiger partial charge in [0, 0.05) is 12.6 Å². The van der Waals surface area contributed by atoms with E-state index in [0.29, 0.717) is 22.5 Å². The number of amides is 2. The van der Waals surface area contributed by atoms with Gasteiger partial charge in [-0.2, -0.15) is 0 Å². The van der Waals surface area contributed by atoms with Crippen LogP contribution in [0.4, 0.5) is 0 Å². The molecule has 4 rings (SSSR count). The van der Waals surface area contributed by atoms with Crippen LogP contribution < -0.4 is 5.32 Å². The summed E-state index contributed by atoms with van der Waals surface area (Å²) in [5, 5.41) is 3.47. The van der Waals surface area contributed by atoms with Crippen LogP contribution in [0.3, 0.4) is 0 Å². The van der Waals surface area contributed by atoms with E-state index in [0.717, 1.165) is 24.9 Å². The Bertz CT molecular complexity index is 884. The third-order valence-corrected chi connectivity index (χ3v) is 6.90. The molecule has 2 aromatic rings.